The van der Waals surface area contributed by atoms with Crippen molar-refractivity contribution in [2.45, 2.75) is 111 Å². The van der Waals surface area contributed by atoms with Gasteiger partial charge in [-0.3, -0.25) is 0 Å². The Morgan fingerprint density at radius 3 is 2.52 bits per heavy atom. The average Bonchev–Trinajstić information content (AvgIpc) is 3.04. The molecule has 0 aromatic heterocycles. The fraction of sp³-hybridized carbons (Fsp3) is 0.929. The van der Waals surface area contributed by atoms with Crippen molar-refractivity contribution < 1.29 is 0 Å². The van der Waals surface area contributed by atoms with Crippen LogP contribution in [0.15, 0.2) is 11.6 Å². The molecule has 0 aromatic rings. The molecule has 4 aliphatic rings. The second-order valence-electron chi connectivity index (χ2n) is 12.5. The summed E-state index contributed by atoms with van der Waals surface area (Å²) in [5.74, 6) is 5.72. The Morgan fingerprint density at radius 2 is 1.79 bits per heavy atom. The molecule has 3 fully saturated rings. The molecular formula is C28H49N. The predicted octanol–water partition coefficient (Wildman–Crippen LogP) is 7.62. The summed E-state index contributed by atoms with van der Waals surface area (Å²) in [6.07, 6.45) is 18.6. The minimum absolute atomic E-state index is 0.512. The lowest BCUT2D eigenvalue weighted by molar-refractivity contribution is -0.0513. The van der Waals surface area contributed by atoms with Crippen LogP contribution in [0.2, 0.25) is 0 Å². The van der Waals surface area contributed by atoms with Crippen LogP contribution in [0, 0.1) is 46.3 Å². The van der Waals surface area contributed by atoms with Gasteiger partial charge >= 0.3 is 0 Å². The Hall–Kier alpha value is -0.300. The summed E-state index contributed by atoms with van der Waals surface area (Å²) >= 11 is 0. The van der Waals surface area contributed by atoms with Gasteiger partial charge in [0.25, 0.3) is 0 Å². The van der Waals surface area contributed by atoms with Gasteiger partial charge in [0.15, 0.2) is 0 Å². The smallest absolute Gasteiger partial charge is 0.0102 e. The molecular weight excluding hydrogens is 350 g/mol. The SMILES string of the molecule is CN[C@H]1CC[C@@]2(C)C(=CC[C@H]3[C@@H]4CC[C@H](C(C)CCCC(C)C)[C@@]4(C)CC[C@@H]32)C1. The van der Waals surface area contributed by atoms with Gasteiger partial charge in [0.1, 0.15) is 0 Å². The molecule has 3 saturated carbocycles. The number of hydrogen-bond donors (Lipinski definition) is 1. The van der Waals surface area contributed by atoms with Crippen LogP contribution < -0.4 is 5.32 Å². The molecule has 1 nitrogen and oxygen atoms in total. The van der Waals surface area contributed by atoms with E-state index in [0.717, 1.165) is 41.5 Å². The van der Waals surface area contributed by atoms with Crippen LogP contribution in [0.25, 0.3) is 0 Å². The lowest BCUT2D eigenvalue weighted by Gasteiger charge is -2.58. The molecule has 0 spiro atoms. The number of hydrogen-bond acceptors (Lipinski definition) is 1. The second-order valence-corrected chi connectivity index (χ2v) is 12.5. The zero-order valence-electron chi connectivity index (χ0n) is 20.4. The molecule has 0 aromatic carbocycles. The summed E-state index contributed by atoms with van der Waals surface area (Å²) in [7, 11) is 2.16. The molecule has 0 saturated heterocycles. The quantitative estimate of drug-likeness (QED) is 0.453. The summed E-state index contributed by atoms with van der Waals surface area (Å²) in [5.41, 5.74) is 2.96. The largest absolute Gasteiger partial charge is 0.317 e. The molecule has 0 radical (unpaired) electrons. The molecule has 4 aliphatic carbocycles. The van der Waals surface area contributed by atoms with E-state index in [-0.39, 0.29) is 0 Å². The van der Waals surface area contributed by atoms with Crippen molar-refractivity contribution in [2.24, 2.45) is 46.3 Å². The van der Waals surface area contributed by atoms with E-state index in [4.69, 9.17) is 0 Å². The van der Waals surface area contributed by atoms with Gasteiger partial charge in [-0.05, 0) is 105 Å². The molecule has 1 N–H and O–H groups in total. The van der Waals surface area contributed by atoms with Gasteiger partial charge in [0.2, 0.25) is 0 Å². The van der Waals surface area contributed by atoms with Gasteiger partial charge in [-0.15, -0.1) is 0 Å². The summed E-state index contributed by atoms with van der Waals surface area (Å²) in [5, 5.41) is 3.57. The minimum atomic E-state index is 0.512. The van der Waals surface area contributed by atoms with E-state index in [1.807, 2.05) is 5.57 Å². The Labute approximate surface area is 181 Å². The third kappa shape index (κ3) is 3.77. The Balaban J connectivity index is 1.48. The first-order valence-corrected chi connectivity index (χ1v) is 13.2. The molecule has 0 bridgehead atoms. The zero-order valence-corrected chi connectivity index (χ0v) is 20.4. The number of nitrogens with one attached hydrogen (secondary N) is 1. The van der Waals surface area contributed by atoms with E-state index >= 15 is 0 Å². The molecule has 166 valence electrons. The number of fused-ring (bicyclic) bond motifs is 5. The van der Waals surface area contributed by atoms with Crippen LogP contribution in [0.1, 0.15) is 105 Å². The molecule has 29 heavy (non-hydrogen) atoms. The van der Waals surface area contributed by atoms with E-state index in [2.05, 4.69) is 53.1 Å². The second kappa shape index (κ2) is 8.33. The summed E-state index contributed by atoms with van der Waals surface area (Å²) < 4.78 is 0. The zero-order chi connectivity index (χ0) is 20.8. The molecule has 8 atom stereocenters. The molecule has 0 heterocycles. The van der Waals surface area contributed by atoms with Gasteiger partial charge < -0.3 is 5.32 Å². The highest BCUT2D eigenvalue weighted by molar-refractivity contribution is 5.25. The first-order valence-electron chi connectivity index (χ1n) is 13.2. The minimum Gasteiger partial charge on any atom is -0.317 e. The Kier molecular flexibility index (Phi) is 6.29. The first kappa shape index (κ1) is 21.9. The predicted molar refractivity (Wildman–Crippen MR) is 126 cm³/mol. The van der Waals surface area contributed by atoms with Crippen LogP contribution in [-0.4, -0.2) is 13.1 Å². The van der Waals surface area contributed by atoms with Gasteiger partial charge in [-0.25, -0.2) is 0 Å². The summed E-state index contributed by atoms with van der Waals surface area (Å²) in [6, 6.07) is 0.724. The lowest BCUT2D eigenvalue weighted by Crippen LogP contribution is -2.51. The van der Waals surface area contributed by atoms with E-state index in [0.29, 0.717) is 10.8 Å². The van der Waals surface area contributed by atoms with E-state index in [9.17, 15) is 0 Å². The maximum atomic E-state index is 3.57. The Bertz CT molecular complexity index is 605. The lowest BCUT2D eigenvalue weighted by atomic mass is 9.47. The van der Waals surface area contributed by atoms with Gasteiger partial charge in [0.05, 0.1) is 0 Å². The standard InChI is InChI=1S/C28H49N/c1-19(2)8-7-9-20(3)24-12-13-25-23-11-10-21-18-22(29-6)14-16-27(21,4)26(23)15-17-28(24,25)5/h10,19-20,22-26,29H,7-9,11-18H2,1-6H3/t20?,22-,23-,24+,25-,26-,27-,28+/m0/s1. The molecule has 4 rings (SSSR count). The van der Waals surface area contributed by atoms with Gasteiger partial charge in [-0.1, -0.05) is 65.5 Å². The highest BCUT2D eigenvalue weighted by atomic mass is 14.9. The maximum absolute atomic E-state index is 3.57. The molecule has 0 aliphatic heterocycles. The van der Waals surface area contributed by atoms with Crippen molar-refractivity contribution in [3.05, 3.63) is 11.6 Å². The average molecular weight is 400 g/mol. The fourth-order valence-electron chi connectivity index (χ4n) is 8.93. The van der Waals surface area contributed by atoms with Crippen LogP contribution in [0.5, 0.6) is 0 Å². The third-order valence-electron chi connectivity index (χ3n) is 10.7. The molecule has 1 unspecified atom stereocenters. The van der Waals surface area contributed by atoms with Crippen molar-refractivity contribution in [3.63, 3.8) is 0 Å². The van der Waals surface area contributed by atoms with Crippen LogP contribution >= 0.6 is 0 Å². The van der Waals surface area contributed by atoms with Crippen molar-refractivity contribution in [3.8, 4) is 0 Å². The van der Waals surface area contributed by atoms with E-state index in [1.165, 1.54) is 70.6 Å². The van der Waals surface area contributed by atoms with Crippen molar-refractivity contribution in [2.75, 3.05) is 7.05 Å². The first-order chi connectivity index (χ1) is 13.8. The summed E-state index contributed by atoms with van der Waals surface area (Å²) in [4.78, 5) is 0. The van der Waals surface area contributed by atoms with Crippen molar-refractivity contribution >= 4 is 0 Å². The fourth-order valence-corrected chi connectivity index (χ4v) is 8.93. The highest BCUT2D eigenvalue weighted by Gasteiger charge is 2.59. The summed E-state index contributed by atoms with van der Waals surface area (Å²) in [6.45, 7) is 12.8. The topological polar surface area (TPSA) is 12.0 Å². The van der Waals surface area contributed by atoms with Crippen LogP contribution in [-0.2, 0) is 0 Å². The highest BCUT2D eigenvalue weighted by Crippen LogP contribution is 2.67. The van der Waals surface area contributed by atoms with E-state index in [1.54, 1.807) is 0 Å². The van der Waals surface area contributed by atoms with Crippen molar-refractivity contribution in [1.82, 2.24) is 5.32 Å². The van der Waals surface area contributed by atoms with Gasteiger partial charge in [0, 0.05) is 6.04 Å². The Morgan fingerprint density at radius 1 is 1.00 bits per heavy atom. The number of allylic oxidation sites excluding steroid dienone is 1. The van der Waals surface area contributed by atoms with Gasteiger partial charge in [-0.2, -0.15) is 0 Å². The monoisotopic (exact) mass is 399 g/mol. The van der Waals surface area contributed by atoms with Crippen LogP contribution in [0.4, 0.5) is 0 Å². The van der Waals surface area contributed by atoms with Crippen LogP contribution in [0.3, 0.4) is 0 Å². The normalized spacial score (nSPS) is 45.3. The molecule has 1 heteroatoms. The third-order valence-corrected chi connectivity index (χ3v) is 10.7. The molecule has 0 amide bonds. The van der Waals surface area contributed by atoms with Crippen molar-refractivity contribution in [1.29, 1.82) is 0 Å². The number of rotatable bonds is 6. The van der Waals surface area contributed by atoms with E-state index < -0.39 is 0 Å². The maximum Gasteiger partial charge on any atom is 0.0102 e.